The van der Waals surface area contributed by atoms with Crippen molar-refractivity contribution >= 4 is 16.9 Å². The summed E-state index contributed by atoms with van der Waals surface area (Å²) >= 11 is 0. The van der Waals surface area contributed by atoms with Crippen molar-refractivity contribution in [2.45, 2.75) is 19.5 Å². The molecule has 0 radical (unpaired) electrons. The Labute approximate surface area is 116 Å². The highest BCUT2D eigenvalue weighted by Gasteiger charge is 2.21. The van der Waals surface area contributed by atoms with Crippen LogP contribution in [0.5, 0.6) is 0 Å². The van der Waals surface area contributed by atoms with E-state index in [0.29, 0.717) is 19.1 Å². The van der Waals surface area contributed by atoms with E-state index in [2.05, 4.69) is 17.2 Å². The highest BCUT2D eigenvalue weighted by molar-refractivity contribution is 5.80. The van der Waals surface area contributed by atoms with Gasteiger partial charge in [0.05, 0.1) is 11.0 Å². The van der Waals surface area contributed by atoms with Gasteiger partial charge < -0.3 is 15.2 Å². The van der Waals surface area contributed by atoms with E-state index in [4.69, 9.17) is 0 Å². The third-order valence-corrected chi connectivity index (χ3v) is 3.70. The fraction of sp³-hybridized carbons (Fsp3) is 0.429. The molecule has 6 heteroatoms. The van der Waals surface area contributed by atoms with Gasteiger partial charge in [0.25, 0.3) is 0 Å². The molecule has 1 amide bonds. The highest BCUT2D eigenvalue weighted by Crippen LogP contribution is 2.09. The Morgan fingerprint density at radius 2 is 2.20 bits per heavy atom. The number of para-hydroxylation sites is 2. The lowest BCUT2D eigenvalue weighted by atomic mass is 10.2. The Bertz CT molecular complexity index is 688. The van der Waals surface area contributed by atoms with Crippen molar-refractivity contribution in [3.05, 3.63) is 34.7 Å². The van der Waals surface area contributed by atoms with E-state index in [1.807, 2.05) is 29.2 Å². The van der Waals surface area contributed by atoms with Crippen molar-refractivity contribution in [3.8, 4) is 0 Å². The van der Waals surface area contributed by atoms with Crippen molar-refractivity contribution < 1.29 is 4.79 Å². The number of nitrogens with zero attached hydrogens (tertiary/aromatic N) is 2. The minimum atomic E-state index is -0.234. The van der Waals surface area contributed by atoms with E-state index >= 15 is 0 Å². The summed E-state index contributed by atoms with van der Waals surface area (Å²) in [4.78, 5) is 28.9. The topological polar surface area (TPSA) is 70.1 Å². The Balaban J connectivity index is 1.84. The number of aromatic amines is 1. The van der Waals surface area contributed by atoms with Gasteiger partial charge in [-0.05, 0) is 19.1 Å². The number of carbonyl (C=O) groups is 1. The Hall–Kier alpha value is -2.08. The van der Waals surface area contributed by atoms with Crippen LogP contribution in [-0.4, -0.2) is 46.0 Å². The minimum Gasteiger partial charge on any atom is -0.338 e. The zero-order valence-corrected chi connectivity index (χ0v) is 11.4. The number of aromatic nitrogens is 2. The fourth-order valence-corrected chi connectivity index (χ4v) is 2.66. The molecule has 1 unspecified atom stereocenters. The maximum absolute atomic E-state index is 12.3. The summed E-state index contributed by atoms with van der Waals surface area (Å²) in [5.74, 6) is -0.00907. The monoisotopic (exact) mass is 274 g/mol. The Morgan fingerprint density at radius 1 is 1.40 bits per heavy atom. The number of hydrogen-bond donors (Lipinski definition) is 2. The summed E-state index contributed by atoms with van der Waals surface area (Å²) in [7, 11) is 0. The molecule has 1 aliphatic heterocycles. The van der Waals surface area contributed by atoms with Crippen molar-refractivity contribution in [3.63, 3.8) is 0 Å². The number of H-pyrrole nitrogens is 1. The molecule has 0 spiro atoms. The van der Waals surface area contributed by atoms with Gasteiger partial charge in [-0.1, -0.05) is 12.1 Å². The van der Waals surface area contributed by atoms with E-state index in [1.165, 1.54) is 4.57 Å². The molecule has 1 atom stereocenters. The highest BCUT2D eigenvalue weighted by atomic mass is 16.2. The second-order valence-electron chi connectivity index (χ2n) is 5.23. The number of carbonyl (C=O) groups excluding carboxylic acids is 1. The fourth-order valence-electron chi connectivity index (χ4n) is 2.66. The SMILES string of the molecule is CC1CN(C(=O)Cn2c(=O)[nH]c3ccccc32)CCN1. The number of piperazine rings is 1. The van der Waals surface area contributed by atoms with Crippen LogP contribution >= 0.6 is 0 Å². The van der Waals surface area contributed by atoms with Crippen LogP contribution < -0.4 is 11.0 Å². The number of rotatable bonds is 2. The van der Waals surface area contributed by atoms with Gasteiger partial charge in [0.15, 0.2) is 0 Å². The summed E-state index contributed by atoms with van der Waals surface area (Å²) in [6.45, 7) is 4.33. The summed E-state index contributed by atoms with van der Waals surface area (Å²) in [5.41, 5.74) is 1.30. The first-order chi connectivity index (χ1) is 9.65. The average molecular weight is 274 g/mol. The van der Waals surface area contributed by atoms with Gasteiger partial charge >= 0.3 is 5.69 Å². The second-order valence-corrected chi connectivity index (χ2v) is 5.23. The van der Waals surface area contributed by atoms with Gasteiger partial charge in [-0.2, -0.15) is 0 Å². The predicted octanol–water partition coefficient (Wildman–Crippen LogP) is 0.150. The first kappa shape index (κ1) is 12.9. The zero-order chi connectivity index (χ0) is 14.1. The molecule has 0 aliphatic carbocycles. The standard InChI is InChI=1S/C14H18N4O2/c1-10-8-17(7-6-15-10)13(19)9-18-12-5-3-2-4-11(12)16-14(18)20/h2-5,10,15H,6-9H2,1H3,(H,16,20). The van der Waals surface area contributed by atoms with Crippen LogP contribution in [0.3, 0.4) is 0 Å². The summed E-state index contributed by atoms with van der Waals surface area (Å²) in [6, 6.07) is 7.71. The first-order valence-corrected chi connectivity index (χ1v) is 6.84. The molecule has 2 N–H and O–H groups in total. The van der Waals surface area contributed by atoms with Crippen LogP contribution in [0.1, 0.15) is 6.92 Å². The van der Waals surface area contributed by atoms with Crippen molar-refractivity contribution in [2.75, 3.05) is 19.6 Å². The second kappa shape index (κ2) is 5.13. The van der Waals surface area contributed by atoms with E-state index in [-0.39, 0.29) is 18.1 Å². The first-order valence-electron chi connectivity index (χ1n) is 6.84. The molecule has 20 heavy (non-hydrogen) atoms. The maximum Gasteiger partial charge on any atom is 0.326 e. The normalized spacial score (nSPS) is 19.4. The molecule has 1 aromatic heterocycles. The lowest BCUT2D eigenvalue weighted by Gasteiger charge is -2.32. The quantitative estimate of drug-likeness (QED) is 0.819. The third kappa shape index (κ3) is 2.34. The van der Waals surface area contributed by atoms with Crippen LogP contribution in [0.25, 0.3) is 11.0 Å². The molecular weight excluding hydrogens is 256 g/mol. The number of hydrogen-bond acceptors (Lipinski definition) is 3. The summed E-state index contributed by atoms with van der Waals surface area (Å²) in [6.07, 6.45) is 0. The Morgan fingerprint density at radius 3 is 3.00 bits per heavy atom. The third-order valence-electron chi connectivity index (χ3n) is 3.70. The predicted molar refractivity (Wildman–Crippen MR) is 76.6 cm³/mol. The lowest BCUT2D eigenvalue weighted by molar-refractivity contribution is -0.132. The van der Waals surface area contributed by atoms with Crippen LogP contribution in [0.2, 0.25) is 0 Å². The molecule has 0 saturated carbocycles. The number of nitrogens with one attached hydrogen (secondary N) is 2. The molecule has 3 rings (SSSR count). The lowest BCUT2D eigenvalue weighted by Crippen LogP contribution is -2.52. The van der Waals surface area contributed by atoms with Crippen molar-refractivity contribution in [1.29, 1.82) is 0 Å². The number of benzene rings is 1. The molecular formula is C14H18N4O2. The van der Waals surface area contributed by atoms with E-state index in [1.54, 1.807) is 0 Å². The zero-order valence-electron chi connectivity index (χ0n) is 11.4. The van der Waals surface area contributed by atoms with Crippen LogP contribution in [-0.2, 0) is 11.3 Å². The van der Waals surface area contributed by atoms with Crippen LogP contribution in [0.15, 0.2) is 29.1 Å². The number of amides is 1. The largest absolute Gasteiger partial charge is 0.338 e. The minimum absolute atomic E-state index is 0.00907. The van der Waals surface area contributed by atoms with Gasteiger partial charge in [-0.3, -0.25) is 9.36 Å². The van der Waals surface area contributed by atoms with Crippen LogP contribution in [0, 0.1) is 0 Å². The molecule has 106 valence electrons. The summed E-state index contributed by atoms with van der Waals surface area (Å²) in [5, 5.41) is 3.30. The molecule has 2 heterocycles. The number of imidazole rings is 1. The molecule has 6 nitrogen and oxygen atoms in total. The molecule has 1 aliphatic rings. The molecule has 1 aromatic carbocycles. The molecule has 1 saturated heterocycles. The van der Waals surface area contributed by atoms with Gasteiger partial charge in [0.2, 0.25) is 5.91 Å². The van der Waals surface area contributed by atoms with Gasteiger partial charge in [0.1, 0.15) is 6.54 Å². The summed E-state index contributed by atoms with van der Waals surface area (Å²) < 4.78 is 1.50. The van der Waals surface area contributed by atoms with E-state index < -0.39 is 0 Å². The van der Waals surface area contributed by atoms with Crippen LogP contribution in [0.4, 0.5) is 0 Å². The molecule has 1 fully saturated rings. The average Bonchev–Trinajstić information content (AvgIpc) is 2.75. The number of fused-ring (bicyclic) bond motifs is 1. The van der Waals surface area contributed by atoms with Gasteiger partial charge in [-0.15, -0.1) is 0 Å². The van der Waals surface area contributed by atoms with Crippen molar-refractivity contribution in [2.24, 2.45) is 0 Å². The van der Waals surface area contributed by atoms with Gasteiger partial charge in [0, 0.05) is 25.7 Å². The Kier molecular flexibility index (Phi) is 3.31. The van der Waals surface area contributed by atoms with Crippen molar-refractivity contribution in [1.82, 2.24) is 19.8 Å². The maximum atomic E-state index is 12.3. The van der Waals surface area contributed by atoms with E-state index in [0.717, 1.165) is 17.6 Å². The molecule has 2 aromatic rings. The van der Waals surface area contributed by atoms with Gasteiger partial charge in [-0.25, -0.2) is 4.79 Å². The molecule has 0 bridgehead atoms. The smallest absolute Gasteiger partial charge is 0.326 e. The van der Waals surface area contributed by atoms with E-state index in [9.17, 15) is 9.59 Å².